The molecule has 224 valence electrons. The van der Waals surface area contributed by atoms with Crippen LogP contribution in [-0.2, 0) is 4.79 Å². The van der Waals surface area contributed by atoms with E-state index in [-0.39, 0.29) is 34.9 Å². The maximum absolute atomic E-state index is 14.5. The largest absolute Gasteiger partial charge is 0.372 e. The number of rotatable bonds is 6. The van der Waals surface area contributed by atoms with Crippen LogP contribution in [0.15, 0.2) is 102 Å². The molecule has 2 aliphatic rings. The fourth-order valence-electron chi connectivity index (χ4n) is 6.32. The van der Waals surface area contributed by atoms with E-state index in [4.69, 9.17) is 23.2 Å². The molecule has 8 heteroatoms. The molecule has 0 spiro atoms. The van der Waals surface area contributed by atoms with Crippen LogP contribution in [0, 0.1) is 5.82 Å². The molecule has 0 radical (unpaired) electrons. The van der Waals surface area contributed by atoms with Gasteiger partial charge in [0, 0.05) is 42.0 Å². The Balaban J connectivity index is 1.54. The summed E-state index contributed by atoms with van der Waals surface area (Å²) in [7, 11) is 0. The fraction of sp³-hybridized carbons (Fsp3) is 0.222. The first-order chi connectivity index (χ1) is 21.3. The summed E-state index contributed by atoms with van der Waals surface area (Å²) < 4.78 is 13.7. The minimum atomic E-state index is -0.712. The normalized spacial score (nSPS) is 17.8. The van der Waals surface area contributed by atoms with Gasteiger partial charge in [-0.05, 0) is 91.9 Å². The van der Waals surface area contributed by atoms with Gasteiger partial charge in [0.2, 0.25) is 0 Å². The summed E-state index contributed by atoms with van der Waals surface area (Å²) in [5.74, 6) is -0.824. The van der Waals surface area contributed by atoms with Crippen LogP contribution >= 0.6 is 23.2 Å². The van der Waals surface area contributed by atoms with E-state index in [9.17, 15) is 14.0 Å². The Labute approximate surface area is 266 Å². The quantitative estimate of drug-likeness (QED) is 0.231. The van der Waals surface area contributed by atoms with Crippen molar-refractivity contribution in [1.29, 1.82) is 0 Å². The molecule has 1 aliphatic carbocycles. The summed E-state index contributed by atoms with van der Waals surface area (Å²) in [5.41, 5.74) is 5.78. The van der Waals surface area contributed by atoms with Gasteiger partial charge >= 0.3 is 0 Å². The first-order valence-corrected chi connectivity index (χ1v) is 15.6. The predicted octanol–water partition coefficient (Wildman–Crippen LogP) is 9.19. The molecule has 4 aromatic carbocycles. The summed E-state index contributed by atoms with van der Waals surface area (Å²) in [4.78, 5) is 32.8. The van der Waals surface area contributed by atoms with Crippen molar-refractivity contribution in [2.75, 3.05) is 28.2 Å². The van der Waals surface area contributed by atoms with Gasteiger partial charge in [-0.3, -0.25) is 14.5 Å². The molecule has 0 fully saturated rings. The van der Waals surface area contributed by atoms with Gasteiger partial charge < -0.3 is 10.2 Å². The lowest BCUT2D eigenvalue weighted by molar-refractivity contribution is -0.116. The lowest BCUT2D eigenvalue weighted by Crippen LogP contribution is -2.38. The first-order valence-electron chi connectivity index (χ1n) is 14.8. The number of halogens is 3. The van der Waals surface area contributed by atoms with E-state index in [0.717, 1.165) is 35.6 Å². The lowest BCUT2D eigenvalue weighted by atomic mass is 9.78. The molecule has 5 nitrogen and oxygen atoms in total. The molecular formula is C36H32Cl2FN3O2. The lowest BCUT2D eigenvalue weighted by Gasteiger charge is -2.35. The standard InChI is InChI=1S/C36H32Cl2FN3O2/c1-3-41(4-2)27-16-11-23(12-17-27)35-34-31(20-25(21-33(34)43)22-9-14-26(39)15-10-22)40-30-7-5-6-8-32(30)42(35)36(44)24-13-18-28(37)29(38)19-24/h5-19,25,35,40H,3-4,20-21H2,1-2H3/t25-,35+/m1/s1. The van der Waals surface area contributed by atoms with Crippen molar-refractivity contribution in [1.82, 2.24) is 0 Å². The molecule has 0 aromatic heterocycles. The average Bonchev–Trinajstić information content (AvgIpc) is 3.18. The predicted molar refractivity (Wildman–Crippen MR) is 176 cm³/mol. The summed E-state index contributed by atoms with van der Waals surface area (Å²) in [5, 5.41) is 4.17. The first kappa shape index (κ1) is 29.9. The van der Waals surface area contributed by atoms with Gasteiger partial charge in [0.1, 0.15) is 5.82 Å². The maximum Gasteiger partial charge on any atom is 0.259 e. The second-order valence-electron chi connectivity index (χ2n) is 11.1. The highest BCUT2D eigenvalue weighted by Gasteiger charge is 2.42. The second kappa shape index (κ2) is 12.5. The summed E-state index contributed by atoms with van der Waals surface area (Å²) in [6, 6.07) is 26.1. The Morgan fingerprint density at radius 2 is 1.57 bits per heavy atom. The average molecular weight is 629 g/mol. The molecule has 1 amide bonds. The van der Waals surface area contributed by atoms with Crippen molar-refractivity contribution in [3.05, 3.63) is 135 Å². The van der Waals surface area contributed by atoms with E-state index < -0.39 is 6.04 Å². The van der Waals surface area contributed by atoms with Crippen LogP contribution in [0.3, 0.4) is 0 Å². The molecule has 1 heterocycles. The smallest absolute Gasteiger partial charge is 0.259 e. The van der Waals surface area contributed by atoms with Gasteiger partial charge in [-0.1, -0.05) is 59.6 Å². The van der Waals surface area contributed by atoms with E-state index in [1.807, 2.05) is 48.5 Å². The Morgan fingerprint density at radius 1 is 0.886 bits per heavy atom. The third-order valence-corrected chi connectivity index (χ3v) is 9.29. The number of hydrogen-bond donors (Lipinski definition) is 1. The van der Waals surface area contributed by atoms with E-state index in [1.54, 1.807) is 35.2 Å². The third kappa shape index (κ3) is 5.60. The zero-order valence-corrected chi connectivity index (χ0v) is 26.0. The zero-order chi connectivity index (χ0) is 31.0. The summed E-state index contributed by atoms with van der Waals surface area (Å²) in [6.07, 6.45) is 0.773. The zero-order valence-electron chi connectivity index (χ0n) is 24.5. The van der Waals surface area contributed by atoms with Crippen LogP contribution in [0.2, 0.25) is 10.0 Å². The van der Waals surface area contributed by atoms with Crippen molar-refractivity contribution in [3.63, 3.8) is 0 Å². The highest BCUT2D eigenvalue weighted by Crippen LogP contribution is 2.48. The molecule has 2 atom stereocenters. The van der Waals surface area contributed by atoms with Crippen LogP contribution in [0.4, 0.5) is 21.5 Å². The SMILES string of the molecule is CCN(CC)c1ccc([C@H]2C3=C(C[C@@H](c4ccc(F)cc4)CC3=O)Nc3ccccc3N2C(=O)c2ccc(Cl)c(Cl)c2)cc1. The number of allylic oxidation sites excluding steroid dienone is 1. The van der Waals surface area contributed by atoms with Gasteiger partial charge in [-0.25, -0.2) is 4.39 Å². The number of anilines is 3. The van der Waals surface area contributed by atoms with Gasteiger partial charge in [0.15, 0.2) is 5.78 Å². The molecular weight excluding hydrogens is 596 g/mol. The Hall–Kier alpha value is -4.13. The van der Waals surface area contributed by atoms with E-state index in [2.05, 4.69) is 24.1 Å². The van der Waals surface area contributed by atoms with E-state index in [0.29, 0.717) is 34.0 Å². The number of fused-ring (bicyclic) bond motifs is 1. The van der Waals surface area contributed by atoms with Crippen molar-refractivity contribution in [3.8, 4) is 0 Å². The molecule has 0 bridgehead atoms. The number of hydrogen-bond acceptors (Lipinski definition) is 4. The molecule has 0 unspecified atom stereocenters. The number of nitrogens with one attached hydrogen (secondary N) is 1. The number of Topliss-reactive ketones (excluding diaryl/α,β-unsaturated/α-hetero) is 1. The van der Waals surface area contributed by atoms with Crippen molar-refractivity contribution in [2.24, 2.45) is 0 Å². The molecule has 4 aromatic rings. The Kier molecular flexibility index (Phi) is 8.48. The van der Waals surface area contributed by atoms with Crippen molar-refractivity contribution >= 4 is 52.0 Å². The monoisotopic (exact) mass is 627 g/mol. The van der Waals surface area contributed by atoms with Crippen LogP contribution < -0.4 is 15.1 Å². The number of ketones is 1. The van der Waals surface area contributed by atoms with Gasteiger partial charge in [0.25, 0.3) is 5.91 Å². The summed E-state index contributed by atoms with van der Waals surface area (Å²) in [6.45, 7) is 5.94. The molecule has 1 N–H and O–H groups in total. The van der Waals surface area contributed by atoms with Gasteiger partial charge in [-0.15, -0.1) is 0 Å². The number of para-hydroxylation sites is 2. The molecule has 1 aliphatic heterocycles. The molecule has 0 saturated carbocycles. The fourth-order valence-corrected chi connectivity index (χ4v) is 6.62. The van der Waals surface area contributed by atoms with Crippen LogP contribution in [0.25, 0.3) is 0 Å². The van der Waals surface area contributed by atoms with Crippen molar-refractivity contribution < 1.29 is 14.0 Å². The minimum absolute atomic E-state index is 0.0642. The minimum Gasteiger partial charge on any atom is -0.372 e. The number of benzene rings is 4. The molecule has 6 rings (SSSR count). The highest BCUT2D eigenvalue weighted by atomic mass is 35.5. The molecule has 0 saturated heterocycles. The van der Waals surface area contributed by atoms with Crippen molar-refractivity contribution in [2.45, 2.75) is 38.6 Å². The maximum atomic E-state index is 14.5. The second-order valence-corrected chi connectivity index (χ2v) is 11.9. The van der Waals surface area contributed by atoms with E-state index in [1.165, 1.54) is 12.1 Å². The van der Waals surface area contributed by atoms with Crippen LogP contribution in [-0.4, -0.2) is 24.8 Å². The topological polar surface area (TPSA) is 52.7 Å². The number of amides is 1. The van der Waals surface area contributed by atoms with E-state index >= 15 is 0 Å². The Morgan fingerprint density at radius 3 is 2.25 bits per heavy atom. The van der Waals surface area contributed by atoms with Crippen LogP contribution in [0.5, 0.6) is 0 Å². The summed E-state index contributed by atoms with van der Waals surface area (Å²) >= 11 is 12.6. The van der Waals surface area contributed by atoms with Crippen LogP contribution in [0.1, 0.15) is 60.1 Å². The number of carbonyl (C=O) groups excluding carboxylic acids is 2. The van der Waals surface area contributed by atoms with Gasteiger partial charge in [0.05, 0.1) is 27.5 Å². The third-order valence-electron chi connectivity index (χ3n) is 8.55. The molecule has 44 heavy (non-hydrogen) atoms. The Bertz CT molecular complexity index is 1750. The number of carbonyl (C=O) groups is 2. The highest BCUT2D eigenvalue weighted by molar-refractivity contribution is 6.42. The number of nitrogens with zero attached hydrogens (tertiary/aromatic N) is 2. The van der Waals surface area contributed by atoms with Gasteiger partial charge in [-0.2, -0.15) is 0 Å².